The van der Waals surface area contributed by atoms with Crippen LogP contribution in [0, 0.1) is 10.1 Å². The molecule has 0 spiro atoms. The first kappa shape index (κ1) is 11.3. The predicted molar refractivity (Wildman–Crippen MR) is 52.9 cm³/mol. The zero-order valence-corrected chi connectivity index (χ0v) is 8.16. The number of benzene rings is 1. The van der Waals surface area contributed by atoms with Gasteiger partial charge in [-0.3, -0.25) is 10.1 Å². The zero-order valence-electron chi connectivity index (χ0n) is 6.65. The molecule has 0 unspecified atom stereocenters. The van der Waals surface area contributed by atoms with Crippen molar-refractivity contribution in [2.75, 3.05) is 0 Å². The predicted octanol–water partition coefficient (Wildman–Crippen LogP) is 0.581. The molecule has 0 saturated carbocycles. The molecular weight excluding hydrogens is 232 g/mol. The van der Waals surface area contributed by atoms with Crippen LogP contribution in [0.3, 0.4) is 0 Å². The smallest absolute Gasteiger partial charge is 0.423 e. The fourth-order valence-electron chi connectivity index (χ4n) is 0.961. The second-order valence-corrected chi connectivity index (χ2v) is 3.21. The van der Waals surface area contributed by atoms with Gasteiger partial charge in [0.05, 0.1) is 20.4 Å². The Morgan fingerprint density at radius 2 is 1.93 bits per heavy atom. The number of rotatable bonds is 2. The lowest BCUT2D eigenvalue weighted by Crippen LogP contribution is -2.33. The van der Waals surface area contributed by atoms with Crippen LogP contribution in [0.25, 0.3) is 0 Å². The van der Waals surface area contributed by atoms with E-state index < -0.39 is 23.2 Å². The van der Waals surface area contributed by atoms with E-state index in [0.29, 0.717) is 0 Å². The van der Waals surface area contributed by atoms with E-state index in [1.54, 1.807) is 0 Å². The number of nitro groups is 1. The summed E-state index contributed by atoms with van der Waals surface area (Å²) in [6.07, 6.45) is 0. The molecule has 2 N–H and O–H groups in total. The Morgan fingerprint density at radius 1 is 1.36 bits per heavy atom. The van der Waals surface area contributed by atoms with E-state index in [0.717, 1.165) is 6.07 Å². The monoisotopic (exact) mass is 235 g/mol. The summed E-state index contributed by atoms with van der Waals surface area (Å²) in [5.41, 5.74) is -0.876. The van der Waals surface area contributed by atoms with E-state index in [-0.39, 0.29) is 10.0 Å². The van der Waals surface area contributed by atoms with Crippen LogP contribution < -0.4 is 5.46 Å². The molecule has 0 aromatic heterocycles. The van der Waals surface area contributed by atoms with Gasteiger partial charge in [0.25, 0.3) is 5.69 Å². The Bertz CT molecular complexity index is 384. The van der Waals surface area contributed by atoms with Crippen molar-refractivity contribution < 1.29 is 15.0 Å². The normalized spacial score (nSPS) is 10.0. The third-order valence-corrected chi connectivity index (χ3v) is 2.38. The van der Waals surface area contributed by atoms with Gasteiger partial charge in [0.15, 0.2) is 0 Å². The molecule has 8 heteroatoms. The summed E-state index contributed by atoms with van der Waals surface area (Å²) in [5, 5.41) is 28.0. The molecular formula is C6H4BCl2NO4. The molecule has 1 aromatic rings. The lowest BCUT2D eigenvalue weighted by molar-refractivity contribution is -0.383. The van der Waals surface area contributed by atoms with Gasteiger partial charge < -0.3 is 10.0 Å². The van der Waals surface area contributed by atoms with Gasteiger partial charge in [-0.05, 0) is 6.07 Å². The number of halogens is 2. The number of hydrogen-bond acceptors (Lipinski definition) is 4. The minimum absolute atomic E-state index is 0.0281. The number of nitrogens with zero attached hydrogens (tertiary/aromatic N) is 1. The first-order chi connectivity index (χ1) is 6.45. The Morgan fingerprint density at radius 3 is 2.36 bits per heavy atom. The highest BCUT2D eigenvalue weighted by atomic mass is 35.5. The molecule has 0 bridgehead atoms. The van der Waals surface area contributed by atoms with Crippen molar-refractivity contribution in [1.82, 2.24) is 0 Å². The minimum Gasteiger partial charge on any atom is -0.423 e. The summed E-state index contributed by atoms with van der Waals surface area (Å²) in [6.45, 7) is 0. The molecule has 0 aliphatic heterocycles. The molecule has 0 aliphatic carbocycles. The van der Waals surface area contributed by atoms with Crippen LogP contribution in [-0.2, 0) is 0 Å². The molecule has 14 heavy (non-hydrogen) atoms. The summed E-state index contributed by atoms with van der Waals surface area (Å²) in [6, 6.07) is 2.27. The molecule has 74 valence electrons. The van der Waals surface area contributed by atoms with Gasteiger partial charge in [0.1, 0.15) is 0 Å². The molecule has 0 heterocycles. The number of hydrogen-bond donors (Lipinski definition) is 2. The van der Waals surface area contributed by atoms with E-state index in [4.69, 9.17) is 33.2 Å². The minimum atomic E-state index is -2.03. The molecule has 0 fully saturated rings. The lowest BCUT2D eigenvalue weighted by Gasteiger charge is -2.04. The van der Waals surface area contributed by atoms with Gasteiger partial charge >= 0.3 is 7.12 Å². The van der Waals surface area contributed by atoms with Crippen molar-refractivity contribution in [2.45, 2.75) is 0 Å². The fourth-order valence-corrected chi connectivity index (χ4v) is 1.38. The molecule has 0 saturated heterocycles. The Labute approximate surface area is 89.2 Å². The molecule has 1 aromatic carbocycles. The number of nitro benzene ring substituents is 1. The van der Waals surface area contributed by atoms with Gasteiger partial charge in [0, 0.05) is 6.07 Å². The molecule has 0 radical (unpaired) electrons. The van der Waals surface area contributed by atoms with E-state index >= 15 is 0 Å². The van der Waals surface area contributed by atoms with Crippen LogP contribution in [0.5, 0.6) is 0 Å². The van der Waals surface area contributed by atoms with Crippen LogP contribution >= 0.6 is 23.2 Å². The van der Waals surface area contributed by atoms with E-state index in [1.165, 1.54) is 6.07 Å². The molecule has 5 nitrogen and oxygen atoms in total. The van der Waals surface area contributed by atoms with Gasteiger partial charge in [0.2, 0.25) is 0 Å². The third kappa shape index (κ3) is 1.98. The highest BCUT2D eigenvalue weighted by Gasteiger charge is 2.28. The van der Waals surface area contributed by atoms with E-state index in [1.807, 2.05) is 0 Å². The van der Waals surface area contributed by atoms with Crippen LogP contribution in [0.4, 0.5) is 5.69 Å². The summed E-state index contributed by atoms with van der Waals surface area (Å²) in [7, 11) is -2.03. The maximum Gasteiger partial charge on any atom is 0.497 e. The first-order valence-corrected chi connectivity index (χ1v) is 4.19. The highest BCUT2D eigenvalue weighted by Crippen LogP contribution is 2.24. The summed E-state index contributed by atoms with van der Waals surface area (Å²) >= 11 is 11.1. The summed E-state index contributed by atoms with van der Waals surface area (Å²) in [5.74, 6) is 0. The first-order valence-electron chi connectivity index (χ1n) is 3.43. The molecule has 0 aliphatic rings. The van der Waals surface area contributed by atoms with Gasteiger partial charge in [-0.1, -0.05) is 23.2 Å². The lowest BCUT2D eigenvalue weighted by atomic mass is 9.79. The zero-order chi connectivity index (χ0) is 10.9. The average Bonchev–Trinajstić information content (AvgIpc) is 2.08. The van der Waals surface area contributed by atoms with Crippen LogP contribution in [0.2, 0.25) is 10.0 Å². The maximum atomic E-state index is 10.5. The van der Waals surface area contributed by atoms with Crippen molar-refractivity contribution in [2.24, 2.45) is 0 Å². The van der Waals surface area contributed by atoms with Crippen molar-refractivity contribution in [3.8, 4) is 0 Å². The van der Waals surface area contributed by atoms with E-state index in [2.05, 4.69) is 0 Å². The van der Waals surface area contributed by atoms with Crippen molar-refractivity contribution in [3.05, 3.63) is 32.3 Å². The summed E-state index contributed by atoms with van der Waals surface area (Å²) in [4.78, 5) is 9.70. The van der Waals surface area contributed by atoms with E-state index in [9.17, 15) is 10.1 Å². The van der Waals surface area contributed by atoms with Crippen LogP contribution in [0.1, 0.15) is 0 Å². The highest BCUT2D eigenvalue weighted by molar-refractivity contribution is 6.65. The standard InChI is InChI=1S/C6H4BCl2NO4/c8-3-1-2-4(10(13)14)5(6(3)9)7(11)12/h1-2,11-12H. The molecule has 0 amide bonds. The Balaban J connectivity index is 3.45. The second kappa shape index (κ2) is 4.14. The summed E-state index contributed by atoms with van der Waals surface area (Å²) < 4.78 is 0. The molecule has 1 rings (SSSR count). The topological polar surface area (TPSA) is 83.6 Å². The Kier molecular flexibility index (Phi) is 3.33. The quantitative estimate of drug-likeness (QED) is 0.446. The fraction of sp³-hybridized carbons (Fsp3) is 0. The van der Waals surface area contributed by atoms with Gasteiger partial charge in [-0.25, -0.2) is 0 Å². The largest absolute Gasteiger partial charge is 0.497 e. The van der Waals surface area contributed by atoms with Crippen LogP contribution in [0.15, 0.2) is 12.1 Å². The average molecular weight is 236 g/mol. The third-order valence-electron chi connectivity index (χ3n) is 1.56. The molecule has 0 atom stereocenters. The van der Waals surface area contributed by atoms with Crippen molar-refractivity contribution >= 4 is 41.5 Å². The second-order valence-electron chi connectivity index (χ2n) is 2.42. The van der Waals surface area contributed by atoms with Crippen LogP contribution in [-0.4, -0.2) is 22.1 Å². The SMILES string of the molecule is O=[N+]([O-])c1ccc(Cl)c(Cl)c1B(O)O. The maximum absolute atomic E-state index is 10.5. The van der Waals surface area contributed by atoms with Gasteiger partial charge in [-0.2, -0.15) is 0 Å². The van der Waals surface area contributed by atoms with Crippen molar-refractivity contribution in [3.63, 3.8) is 0 Å². The Hall–Kier alpha value is -0.815. The van der Waals surface area contributed by atoms with Gasteiger partial charge in [-0.15, -0.1) is 0 Å². The van der Waals surface area contributed by atoms with Crippen molar-refractivity contribution in [1.29, 1.82) is 0 Å².